The molecule has 0 spiro atoms. The van der Waals surface area contributed by atoms with Crippen molar-refractivity contribution in [2.45, 2.75) is 31.1 Å². The molecule has 1 aromatic carbocycles. The Labute approximate surface area is 151 Å². The van der Waals surface area contributed by atoms with Crippen LogP contribution in [0.25, 0.3) is 0 Å². The van der Waals surface area contributed by atoms with Crippen molar-refractivity contribution in [3.05, 3.63) is 29.8 Å². The monoisotopic (exact) mass is 367 g/mol. The van der Waals surface area contributed by atoms with E-state index in [0.29, 0.717) is 18.0 Å². The minimum absolute atomic E-state index is 0.0865. The van der Waals surface area contributed by atoms with Crippen molar-refractivity contribution < 1.29 is 13.2 Å². The van der Waals surface area contributed by atoms with Crippen LogP contribution in [0.5, 0.6) is 0 Å². The Morgan fingerprint density at radius 3 is 2.60 bits per heavy atom. The Hall–Kier alpha value is -1.44. The van der Waals surface area contributed by atoms with Crippen molar-refractivity contribution in [2.24, 2.45) is 5.92 Å². The van der Waals surface area contributed by atoms with Crippen LogP contribution < -0.4 is 4.72 Å². The Bertz CT molecular complexity index is 681. The molecule has 0 bridgehead atoms. The minimum Gasteiger partial charge on any atom is -0.339 e. The molecular formula is C18H29N3O3S. The molecule has 0 unspecified atom stereocenters. The second-order valence-electron chi connectivity index (χ2n) is 7.06. The van der Waals surface area contributed by atoms with Gasteiger partial charge >= 0.3 is 0 Å². The Morgan fingerprint density at radius 1 is 1.28 bits per heavy atom. The summed E-state index contributed by atoms with van der Waals surface area (Å²) in [6.45, 7) is 4.85. The van der Waals surface area contributed by atoms with Gasteiger partial charge in [0.05, 0.1) is 4.90 Å². The van der Waals surface area contributed by atoms with Crippen molar-refractivity contribution in [3.8, 4) is 0 Å². The molecule has 0 aliphatic carbocycles. The molecule has 2 rings (SSSR count). The SMILES string of the molecule is CC1CCN(C(=O)c2cccc(S(=O)(=O)NCCCN(C)C)c2)CC1. The molecule has 7 heteroatoms. The molecule has 1 heterocycles. The molecule has 1 aliphatic heterocycles. The average molecular weight is 368 g/mol. The van der Waals surface area contributed by atoms with Crippen LogP contribution in [0.3, 0.4) is 0 Å². The smallest absolute Gasteiger partial charge is 0.253 e. The lowest BCUT2D eigenvalue weighted by Gasteiger charge is -2.30. The van der Waals surface area contributed by atoms with Gasteiger partial charge in [-0.1, -0.05) is 13.0 Å². The molecule has 1 N–H and O–H groups in total. The summed E-state index contributed by atoms with van der Waals surface area (Å²) in [5.74, 6) is 0.554. The highest BCUT2D eigenvalue weighted by molar-refractivity contribution is 7.89. The quantitative estimate of drug-likeness (QED) is 0.746. The molecular weight excluding hydrogens is 338 g/mol. The summed E-state index contributed by atoms with van der Waals surface area (Å²) in [5, 5.41) is 0. The van der Waals surface area contributed by atoms with E-state index < -0.39 is 10.0 Å². The predicted molar refractivity (Wildman–Crippen MR) is 99.1 cm³/mol. The number of piperidine rings is 1. The first kappa shape index (κ1) is 19.9. The van der Waals surface area contributed by atoms with Gasteiger partial charge in [0.2, 0.25) is 10.0 Å². The van der Waals surface area contributed by atoms with Gasteiger partial charge in [0, 0.05) is 25.2 Å². The third kappa shape index (κ3) is 5.80. The van der Waals surface area contributed by atoms with Crippen LogP contribution in [0.4, 0.5) is 0 Å². The lowest BCUT2D eigenvalue weighted by molar-refractivity contribution is 0.0697. The minimum atomic E-state index is -3.59. The molecule has 1 aliphatic rings. The number of rotatable bonds is 7. The van der Waals surface area contributed by atoms with Crippen molar-refractivity contribution >= 4 is 15.9 Å². The highest BCUT2D eigenvalue weighted by Gasteiger charge is 2.23. The standard InChI is InChI=1S/C18H29N3O3S/c1-15-8-12-21(13-9-15)18(22)16-6-4-7-17(14-16)25(23,24)19-10-5-11-20(2)3/h4,6-7,14-15,19H,5,8-13H2,1-3H3. The maximum Gasteiger partial charge on any atom is 0.253 e. The summed E-state index contributed by atoms with van der Waals surface area (Å²) in [5.41, 5.74) is 0.436. The molecule has 0 radical (unpaired) electrons. The van der Waals surface area contributed by atoms with Crippen molar-refractivity contribution in [1.82, 2.24) is 14.5 Å². The Kier molecular flexibility index (Phi) is 6.98. The number of carbonyl (C=O) groups is 1. The Balaban J connectivity index is 2.03. The largest absolute Gasteiger partial charge is 0.339 e. The Morgan fingerprint density at radius 2 is 1.96 bits per heavy atom. The first-order chi connectivity index (χ1) is 11.8. The molecule has 0 atom stereocenters. The van der Waals surface area contributed by atoms with Crippen LogP contribution in [-0.2, 0) is 10.0 Å². The molecule has 140 valence electrons. The number of likely N-dealkylation sites (tertiary alicyclic amines) is 1. The zero-order chi connectivity index (χ0) is 18.4. The number of hydrogen-bond donors (Lipinski definition) is 1. The van der Waals surface area contributed by atoms with E-state index in [1.54, 1.807) is 12.1 Å². The molecule has 6 nitrogen and oxygen atoms in total. The van der Waals surface area contributed by atoms with Crippen molar-refractivity contribution in [3.63, 3.8) is 0 Å². The lowest BCUT2D eigenvalue weighted by atomic mass is 9.98. The molecule has 1 aromatic rings. The lowest BCUT2D eigenvalue weighted by Crippen LogP contribution is -2.38. The number of benzene rings is 1. The highest BCUT2D eigenvalue weighted by atomic mass is 32.2. The van der Waals surface area contributed by atoms with Gasteiger partial charge in [0.25, 0.3) is 5.91 Å². The van der Waals surface area contributed by atoms with Crippen LogP contribution in [0.1, 0.15) is 36.5 Å². The van der Waals surface area contributed by atoms with Crippen molar-refractivity contribution in [2.75, 3.05) is 40.3 Å². The van der Waals surface area contributed by atoms with Gasteiger partial charge in [-0.3, -0.25) is 4.79 Å². The van der Waals surface area contributed by atoms with E-state index in [0.717, 1.165) is 38.9 Å². The molecule has 0 saturated carbocycles. The van der Waals surface area contributed by atoms with E-state index in [2.05, 4.69) is 11.6 Å². The van der Waals surface area contributed by atoms with Gasteiger partial charge in [0.15, 0.2) is 0 Å². The van der Waals surface area contributed by atoms with E-state index in [1.807, 2.05) is 23.9 Å². The summed E-state index contributed by atoms with van der Waals surface area (Å²) >= 11 is 0. The van der Waals surface area contributed by atoms with Crippen LogP contribution >= 0.6 is 0 Å². The fourth-order valence-corrected chi connectivity index (χ4v) is 4.00. The number of nitrogens with zero attached hydrogens (tertiary/aromatic N) is 2. The molecule has 0 aromatic heterocycles. The highest BCUT2D eigenvalue weighted by Crippen LogP contribution is 2.19. The zero-order valence-corrected chi connectivity index (χ0v) is 16.2. The first-order valence-corrected chi connectivity index (χ1v) is 10.3. The van der Waals surface area contributed by atoms with Gasteiger partial charge in [-0.2, -0.15) is 0 Å². The van der Waals surface area contributed by atoms with Crippen LogP contribution in [-0.4, -0.2) is 64.4 Å². The molecule has 1 saturated heterocycles. The van der Waals surface area contributed by atoms with E-state index in [1.165, 1.54) is 12.1 Å². The number of sulfonamides is 1. The topological polar surface area (TPSA) is 69.7 Å². The molecule has 25 heavy (non-hydrogen) atoms. The second kappa shape index (κ2) is 8.78. The number of amides is 1. The van der Waals surface area contributed by atoms with Gasteiger partial charge in [0.1, 0.15) is 0 Å². The van der Waals surface area contributed by atoms with Crippen LogP contribution in [0.15, 0.2) is 29.2 Å². The summed E-state index contributed by atoms with van der Waals surface area (Å²) in [6.07, 6.45) is 2.73. The third-order valence-electron chi connectivity index (χ3n) is 4.54. The summed E-state index contributed by atoms with van der Waals surface area (Å²) in [6, 6.07) is 6.33. The zero-order valence-electron chi connectivity index (χ0n) is 15.4. The predicted octanol–water partition coefficient (Wildman–Crippen LogP) is 1.79. The number of nitrogens with one attached hydrogen (secondary N) is 1. The fourth-order valence-electron chi connectivity index (χ4n) is 2.88. The maximum atomic E-state index is 12.6. The van der Waals surface area contributed by atoms with Gasteiger partial charge in [-0.25, -0.2) is 13.1 Å². The summed E-state index contributed by atoms with van der Waals surface area (Å²) in [4.78, 5) is 16.6. The van der Waals surface area contributed by atoms with Crippen molar-refractivity contribution in [1.29, 1.82) is 0 Å². The van der Waals surface area contributed by atoms with Crippen LogP contribution in [0, 0.1) is 5.92 Å². The number of carbonyl (C=O) groups excluding carboxylic acids is 1. The van der Waals surface area contributed by atoms with Gasteiger partial charge in [-0.15, -0.1) is 0 Å². The van der Waals surface area contributed by atoms with Gasteiger partial charge < -0.3 is 9.80 Å². The normalized spacial score (nSPS) is 16.4. The van der Waals surface area contributed by atoms with E-state index in [-0.39, 0.29) is 10.8 Å². The summed E-state index contributed by atoms with van der Waals surface area (Å²) in [7, 11) is 0.306. The third-order valence-corrected chi connectivity index (χ3v) is 6.00. The summed E-state index contributed by atoms with van der Waals surface area (Å²) < 4.78 is 27.4. The van der Waals surface area contributed by atoms with Crippen LogP contribution in [0.2, 0.25) is 0 Å². The second-order valence-corrected chi connectivity index (χ2v) is 8.82. The molecule has 1 amide bonds. The van der Waals surface area contributed by atoms with E-state index in [4.69, 9.17) is 0 Å². The number of hydrogen-bond acceptors (Lipinski definition) is 4. The first-order valence-electron chi connectivity index (χ1n) is 8.83. The maximum absolute atomic E-state index is 12.6. The van der Waals surface area contributed by atoms with E-state index >= 15 is 0 Å². The molecule has 1 fully saturated rings. The van der Waals surface area contributed by atoms with Gasteiger partial charge in [-0.05, 0) is 64.0 Å². The van der Waals surface area contributed by atoms with E-state index in [9.17, 15) is 13.2 Å². The fraction of sp³-hybridized carbons (Fsp3) is 0.611. The average Bonchev–Trinajstić information content (AvgIpc) is 2.59.